The Labute approximate surface area is 222 Å². The minimum atomic E-state index is -0.778. The van der Waals surface area contributed by atoms with Crippen molar-refractivity contribution in [2.75, 3.05) is 6.54 Å². The number of urea groups is 1. The second kappa shape index (κ2) is 17.7. The van der Waals surface area contributed by atoms with E-state index in [1.165, 1.54) is 6.92 Å². The van der Waals surface area contributed by atoms with Gasteiger partial charge >= 0.3 is 12.0 Å². The van der Waals surface area contributed by atoms with Gasteiger partial charge in [-0.3, -0.25) is 19.2 Å². The number of primary amides is 1. The van der Waals surface area contributed by atoms with Gasteiger partial charge in [-0.25, -0.2) is 4.79 Å². The number of esters is 1. The summed E-state index contributed by atoms with van der Waals surface area (Å²) in [6.45, 7) is 13.1. The van der Waals surface area contributed by atoms with Gasteiger partial charge in [0.1, 0.15) is 11.6 Å². The predicted octanol–water partition coefficient (Wildman–Crippen LogP) is 3.36. The fraction of sp³-hybridized carbons (Fsp3) is 0.815. The van der Waals surface area contributed by atoms with Gasteiger partial charge in [-0.05, 0) is 71.6 Å². The maximum absolute atomic E-state index is 12.9. The third-order valence-corrected chi connectivity index (χ3v) is 6.31. The van der Waals surface area contributed by atoms with Gasteiger partial charge in [0, 0.05) is 13.0 Å². The number of rotatable bonds is 19. The largest absolute Gasteiger partial charge is 0.459 e. The first-order valence-electron chi connectivity index (χ1n) is 13.6. The summed E-state index contributed by atoms with van der Waals surface area (Å²) in [6, 6.07) is -2.14. The zero-order valence-corrected chi connectivity index (χ0v) is 23.9. The van der Waals surface area contributed by atoms with Crippen molar-refractivity contribution >= 4 is 29.6 Å². The highest BCUT2D eigenvalue weighted by Gasteiger charge is 2.28. The number of hydrogen-bond donors (Lipinski definition) is 4. The molecule has 0 aromatic carbocycles. The Hall–Kier alpha value is -2.65. The van der Waals surface area contributed by atoms with Crippen LogP contribution < -0.4 is 21.7 Å². The lowest BCUT2D eigenvalue weighted by Crippen LogP contribution is -2.53. The number of amides is 4. The molecule has 0 aromatic heterocycles. The lowest BCUT2D eigenvalue weighted by atomic mass is 9.97. The van der Waals surface area contributed by atoms with Crippen molar-refractivity contribution in [1.82, 2.24) is 16.0 Å². The van der Waals surface area contributed by atoms with Crippen LogP contribution in [0.2, 0.25) is 0 Å². The second-order valence-electron chi connectivity index (χ2n) is 10.7. The summed E-state index contributed by atoms with van der Waals surface area (Å²) in [7, 11) is 0. The smallest absolute Gasteiger partial charge is 0.312 e. The molecule has 0 saturated carbocycles. The van der Waals surface area contributed by atoms with Crippen LogP contribution in [-0.2, 0) is 23.9 Å². The summed E-state index contributed by atoms with van der Waals surface area (Å²) < 4.78 is 5.73. The van der Waals surface area contributed by atoms with E-state index in [2.05, 4.69) is 16.0 Å². The van der Waals surface area contributed by atoms with Gasteiger partial charge in [-0.2, -0.15) is 0 Å². The Morgan fingerprint density at radius 2 is 1.59 bits per heavy atom. The van der Waals surface area contributed by atoms with E-state index in [0.717, 1.165) is 19.3 Å². The molecule has 0 fully saturated rings. The maximum atomic E-state index is 12.9. The molecule has 5 N–H and O–H groups in total. The quantitative estimate of drug-likeness (QED) is 0.149. The van der Waals surface area contributed by atoms with Crippen molar-refractivity contribution in [3.8, 4) is 0 Å². The Bertz CT molecular complexity index is 753. The number of ether oxygens (including phenoxy) is 1. The van der Waals surface area contributed by atoms with Gasteiger partial charge in [0.25, 0.3) is 0 Å². The molecule has 0 rings (SSSR count). The van der Waals surface area contributed by atoms with Crippen molar-refractivity contribution in [3.05, 3.63) is 0 Å². The van der Waals surface area contributed by atoms with Crippen LogP contribution in [0, 0.1) is 11.8 Å². The molecule has 4 amide bonds. The number of unbranched alkanes of at least 4 members (excludes halogenated alkanes) is 1. The highest BCUT2D eigenvalue weighted by atomic mass is 16.6. The van der Waals surface area contributed by atoms with Gasteiger partial charge in [0.05, 0.1) is 12.0 Å². The average molecular weight is 527 g/mol. The molecule has 0 heterocycles. The molecule has 0 bridgehead atoms. The first kappa shape index (κ1) is 34.4. The normalized spacial score (nSPS) is 13.8. The molecule has 1 unspecified atom stereocenters. The Morgan fingerprint density at radius 1 is 0.946 bits per heavy atom. The minimum Gasteiger partial charge on any atom is -0.459 e. The zero-order valence-electron chi connectivity index (χ0n) is 23.9. The summed E-state index contributed by atoms with van der Waals surface area (Å²) in [6.07, 6.45) is 5.48. The monoisotopic (exact) mass is 526 g/mol. The van der Waals surface area contributed by atoms with E-state index in [1.54, 1.807) is 0 Å². The summed E-state index contributed by atoms with van der Waals surface area (Å²) in [5, 5.41) is 7.96. The van der Waals surface area contributed by atoms with Gasteiger partial charge < -0.3 is 26.4 Å². The lowest BCUT2D eigenvalue weighted by molar-refractivity contribution is -0.162. The molecule has 3 atom stereocenters. The number of carbonyl (C=O) groups excluding carboxylic acids is 5. The number of nitrogens with two attached hydrogens (primary N) is 1. The lowest BCUT2D eigenvalue weighted by Gasteiger charge is -2.27. The van der Waals surface area contributed by atoms with E-state index in [1.807, 2.05) is 41.5 Å². The van der Waals surface area contributed by atoms with Crippen LogP contribution in [0.15, 0.2) is 0 Å². The standard InChI is InChI=1S/C27H50N4O6/c1-8-13-20(9-2)25(35)37-27(6,7)16-11-10-15-22(33)31-23(18(3)4)24(34)30-21(19(5)32)14-12-17-29-26(28)36/h18,20-21,23H,8-17H2,1-7H3,(H,30,34)(H,31,33)(H3,28,29,36)/t20?,21-,23-/m0/s1. The van der Waals surface area contributed by atoms with Gasteiger partial charge in [0.15, 0.2) is 5.78 Å². The summed E-state index contributed by atoms with van der Waals surface area (Å²) in [5.74, 6) is -1.29. The van der Waals surface area contributed by atoms with Crippen molar-refractivity contribution in [2.24, 2.45) is 17.6 Å². The topological polar surface area (TPSA) is 157 Å². The highest BCUT2D eigenvalue weighted by Crippen LogP contribution is 2.23. The second-order valence-corrected chi connectivity index (χ2v) is 10.7. The van der Waals surface area contributed by atoms with Crippen molar-refractivity contribution in [3.63, 3.8) is 0 Å². The SMILES string of the molecule is CCCC(CC)C(=O)OC(C)(C)CCCCC(=O)N[C@H](C(=O)N[C@@H](CCCNC(N)=O)C(C)=O)C(C)C. The van der Waals surface area contributed by atoms with Crippen LogP contribution in [-0.4, -0.2) is 53.8 Å². The molecule has 0 aliphatic carbocycles. The summed E-state index contributed by atoms with van der Waals surface area (Å²) in [4.78, 5) is 60.6. The van der Waals surface area contributed by atoms with E-state index in [0.29, 0.717) is 38.6 Å². The van der Waals surface area contributed by atoms with Crippen molar-refractivity contribution in [1.29, 1.82) is 0 Å². The van der Waals surface area contributed by atoms with Crippen LogP contribution in [0.5, 0.6) is 0 Å². The molecule has 10 heteroatoms. The van der Waals surface area contributed by atoms with Crippen molar-refractivity contribution < 1.29 is 28.7 Å². The molecule has 37 heavy (non-hydrogen) atoms. The third-order valence-electron chi connectivity index (χ3n) is 6.31. The van der Waals surface area contributed by atoms with Crippen LogP contribution in [0.1, 0.15) is 106 Å². The van der Waals surface area contributed by atoms with Gasteiger partial charge in [-0.1, -0.05) is 34.1 Å². The number of Topliss-reactive ketones (excluding diaryl/α,β-unsaturated/α-hetero) is 1. The number of carbonyl (C=O) groups is 5. The zero-order chi connectivity index (χ0) is 28.6. The maximum Gasteiger partial charge on any atom is 0.312 e. The summed E-state index contributed by atoms with van der Waals surface area (Å²) in [5.41, 5.74) is 4.42. The Morgan fingerprint density at radius 3 is 2.11 bits per heavy atom. The molecule has 214 valence electrons. The number of ketones is 1. The Kier molecular flexibility index (Phi) is 16.5. The molecule has 0 aromatic rings. The van der Waals surface area contributed by atoms with E-state index in [-0.39, 0.29) is 35.9 Å². The van der Waals surface area contributed by atoms with Crippen LogP contribution in [0.4, 0.5) is 4.79 Å². The molecule has 10 nitrogen and oxygen atoms in total. The first-order valence-corrected chi connectivity index (χ1v) is 13.6. The molecule has 0 radical (unpaired) electrons. The third kappa shape index (κ3) is 15.3. The molecule has 0 saturated heterocycles. The van der Waals surface area contributed by atoms with Crippen molar-refractivity contribution in [2.45, 2.75) is 124 Å². The molecule has 0 aliphatic heterocycles. The predicted molar refractivity (Wildman–Crippen MR) is 144 cm³/mol. The molecular weight excluding hydrogens is 476 g/mol. The van der Waals surface area contributed by atoms with E-state index in [9.17, 15) is 24.0 Å². The fourth-order valence-corrected chi connectivity index (χ4v) is 4.02. The highest BCUT2D eigenvalue weighted by molar-refractivity contribution is 5.92. The number of nitrogens with one attached hydrogen (secondary N) is 3. The average Bonchev–Trinajstić information content (AvgIpc) is 2.79. The molecule has 0 spiro atoms. The van der Waals surface area contributed by atoms with E-state index >= 15 is 0 Å². The van der Waals surface area contributed by atoms with Crippen LogP contribution in [0.3, 0.4) is 0 Å². The van der Waals surface area contributed by atoms with Crippen LogP contribution >= 0.6 is 0 Å². The molecule has 0 aliphatic rings. The number of hydrogen-bond acceptors (Lipinski definition) is 6. The first-order chi connectivity index (χ1) is 17.2. The molecular formula is C27H50N4O6. The van der Waals surface area contributed by atoms with Gasteiger partial charge in [0.2, 0.25) is 11.8 Å². The Balaban J connectivity index is 4.69. The van der Waals surface area contributed by atoms with E-state index < -0.39 is 29.6 Å². The summed E-state index contributed by atoms with van der Waals surface area (Å²) >= 11 is 0. The minimum absolute atomic E-state index is 0.0800. The van der Waals surface area contributed by atoms with Gasteiger partial charge in [-0.15, -0.1) is 0 Å². The fourth-order valence-electron chi connectivity index (χ4n) is 4.02. The van der Waals surface area contributed by atoms with Crippen LogP contribution in [0.25, 0.3) is 0 Å². The van der Waals surface area contributed by atoms with E-state index in [4.69, 9.17) is 10.5 Å².